The molecule has 2 aromatic heterocycles. The van der Waals surface area contributed by atoms with Crippen LogP contribution in [0.5, 0.6) is 0 Å². The van der Waals surface area contributed by atoms with Crippen LogP contribution in [0.15, 0.2) is 4.79 Å². The van der Waals surface area contributed by atoms with Gasteiger partial charge in [-0.25, -0.2) is 4.98 Å². The van der Waals surface area contributed by atoms with E-state index in [9.17, 15) is 9.59 Å². The maximum Gasteiger partial charge on any atom is 0.259 e. The predicted molar refractivity (Wildman–Crippen MR) is 90.5 cm³/mol. The molecule has 1 N–H and O–H groups in total. The van der Waals surface area contributed by atoms with E-state index in [-0.39, 0.29) is 23.9 Å². The monoisotopic (exact) mass is 332 g/mol. The first-order valence-electron chi connectivity index (χ1n) is 7.46. The number of carbonyl (C=O) groups excluding carboxylic acids is 1. The van der Waals surface area contributed by atoms with Gasteiger partial charge in [-0.15, -0.1) is 11.3 Å². The van der Waals surface area contributed by atoms with E-state index in [4.69, 9.17) is 5.26 Å². The smallest absolute Gasteiger partial charge is 0.259 e. The molecule has 2 aromatic rings. The van der Waals surface area contributed by atoms with Crippen LogP contribution in [0.25, 0.3) is 10.2 Å². The van der Waals surface area contributed by atoms with Crippen molar-refractivity contribution < 1.29 is 4.79 Å². The van der Waals surface area contributed by atoms with Crippen molar-refractivity contribution in [3.8, 4) is 6.07 Å². The second-order valence-electron chi connectivity index (χ2n) is 5.69. The molecule has 0 spiro atoms. The van der Waals surface area contributed by atoms with Crippen molar-refractivity contribution >= 4 is 27.5 Å². The van der Waals surface area contributed by atoms with E-state index >= 15 is 0 Å². The van der Waals surface area contributed by atoms with Gasteiger partial charge in [-0.05, 0) is 26.3 Å². The van der Waals surface area contributed by atoms with Gasteiger partial charge in [0.05, 0.1) is 17.9 Å². The molecule has 23 heavy (non-hydrogen) atoms. The number of carbonyl (C=O) groups is 1. The number of amides is 1. The Morgan fingerprint density at radius 3 is 2.83 bits per heavy atom. The van der Waals surface area contributed by atoms with E-state index in [0.717, 1.165) is 15.3 Å². The SMILES string of the molecule is Cc1sc2nc(CCC(=O)N(C)C(C)CC#N)[nH]c(=O)c2c1C. The third-order valence-corrected chi connectivity index (χ3v) is 5.21. The van der Waals surface area contributed by atoms with E-state index in [0.29, 0.717) is 24.1 Å². The zero-order valence-corrected chi connectivity index (χ0v) is 14.6. The molecule has 122 valence electrons. The van der Waals surface area contributed by atoms with Gasteiger partial charge in [-0.1, -0.05) is 0 Å². The standard InChI is InChI=1S/C16H20N4O2S/c1-9(7-8-17)20(4)13(21)6-5-12-18-15(22)14-10(2)11(3)23-16(14)19-12/h9H,5-7H2,1-4H3,(H,18,19,22). The van der Waals surface area contributed by atoms with Gasteiger partial charge in [0.1, 0.15) is 10.7 Å². The zero-order chi connectivity index (χ0) is 17.1. The van der Waals surface area contributed by atoms with Crippen LogP contribution >= 0.6 is 11.3 Å². The van der Waals surface area contributed by atoms with Crippen molar-refractivity contribution in [3.05, 3.63) is 26.6 Å². The minimum Gasteiger partial charge on any atom is -0.342 e. The number of nitriles is 1. The molecule has 1 unspecified atom stereocenters. The fourth-order valence-electron chi connectivity index (χ4n) is 2.33. The molecule has 6 nitrogen and oxygen atoms in total. The first-order chi connectivity index (χ1) is 10.8. The molecule has 1 amide bonds. The summed E-state index contributed by atoms with van der Waals surface area (Å²) in [5.74, 6) is 0.465. The van der Waals surface area contributed by atoms with Gasteiger partial charge >= 0.3 is 0 Å². The molecule has 1 atom stereocenters. The number of nitrogens with zero attached hydrogens (tertiary/aromatic N) is 3. The van der Waals surface area contributed by atoms with Gasteiger partial charge in [0.25, 0.3) is 5.56 Å². The molecule has 0 aliphatic carbocycles. The van der Waals surface area contributed by atoms with Crippen LogP contribution in [0.1, 0.15) is 36.0 Å². The number of aryl methyl sites for hydroxylation is 3. The molecule has 0 radical (unpaired) electrons. The van der Waals surface area contributed by atoms with Crippen LogP contribution in [0.2, 0.25) is 0 Å². The van der Waals surface area contributed by atoms with Crippen LogP contribution < -0.4 is 5.56 Å². The molecule has 0 aliphatic rings. The number of fused-ring (bicyclic) bond motifs is 1. The van der Waals surface area contributed by atoms with Crippen molar-refractivity contribution in [2.24, 2.45) is 0 Å². The molecule has 0 aliphatic heterocycles. The van der Waals surface area contributed by atoms with E-state index in [2.05, 4.69) is 16.0 Å². The zero-order valence-electron chi connectivity index (χ0n) is 13.8. The molecule has 0 aromatic carbocycles. The number of rotatable bonds is 5. The Bertz CT molecular complexity index is 831. The highest BCUT2D eigenvalue weighted by Crippen LogP contribution is 2.25. The molecule has 2 rings (SSSR count). The average Bonchev–Trinajstić information content (AvgIpc) is 2.79. The first-order valence-corrected chi connectivity index (χ1v) is 8.28. The van der Waals surface area contributed by atoms with Crippen LogP contribution in [0, 0.1) is 25.2 Å². The lowest BCUT2D eigenvalue weighted by Crippen LogP contribution is -2.35. The minimum absolute atomic E-state index is 0.0611. The van der Waals surface area contributed by atoms with Gasteiger partial charge in [0.15, 0.2) is 0 Å². The number of aromatic nitrogens is 2. The molecule has 0 bridgehead atoms. The third kappa shape index (κ3) is 3.59. The summed E-state index contributed by atoms with van der Waals surface area (Å²) in [6.07, 6.45) is 0.935. The number of aromatic amines is 1. The number of H-pyrrole nitrogens is 1. The highest BCUT2D eigenvalue weighted by molar-refractivity contribution is 7.18. The van der Waals surface area contributed by atoms with E-state index < -0.39 is 0 Å². The number of hydrogen-bond acceptors (Lipinski definition) is 5. The number of nitrogens with one attached hydrogen (secondary N) is 1. The van der Waals surface area contributed by atoms with E-state index in [1.165, 1.54) is 11.3 Å². The molecular weight excluding hydrogens is 312 g/mol. The van der Waals surface area contributed by atoms with Crippen LogP contribution in [-0.2, 0) is 11.2 Å². The first kappa shape index (κ1) is 17.2. The Morgan fingerprint density at radius 1 is 1.48 bits per heavy atom. The Hall–Kier alpha value is -2.20. The molecule has 2 heterocycles. The summed E-state index contributed by atoms with van der Waals surface area (Å²) in [6.45, 7) is 5.72. The summed E-state index contributed by atoms with van der Waals surface area (Å²) in [5.41, 5.74) is 0.817. The topological polar surface area (TPSA) is 89.8 Å². The summed E-state index contributed by atoms with van der Waals surface area (Å²) in [6, 6.07) is 1.94. The summed E-state index contributed by atoms with van der Waals surface area (Å²) in [4.78, 5) is 34.9. The van der Waals surface area contributed by atoms with Gasteiger partial charge in [-0.3, -0.25) is 9.59 Å². The van der Waals surface area contributed by atoms with Crippen LogP contribution in [-0.4, -0.2) is 33.9 Å². The highest BCUT2D eigenvalue weighted by Gasteiger charge is 2.17. The van der Waals surface area contributed by atoms with Crippen molar-refractivity contribution in [3.63, 3.8) is 0 Å². The lowest BCUT2D eigenvalue weighted by atomic mass is 10.2. The second-order valence-corrected chi connectivity index (χ2v) is 6.90. The summed E-state index contributed by atoms with van der Waals surface area (Å²) >= 11 is 1.50. The summed E-state index contributed by atoms with van der Waals surface area (Å²) in [5, 5.41) is 9.34. The quantitative estimate of drug-likeness (QED) is 0.909. The Morgan fingerprint density at radius 2 is 2.17 bits per heavy atom. The summed E-state index contributed by atoms with van der Waals surface area (Å²) < 4.78 is 0. The van der Waals surface area contributed by atoms with Crippen molar-refractivity contribution in [2.45, 2.75) is 46.1 Å². The van der Waals surface area contributed by atoms with Gasteiger partial charge in [-0.2, -0.15) is 5.26 Å². The van der Waals surface area contributed by atoms with Crippen LogP contribution in [0.4, 0.5) is 0 Å². The van der Waals surface area contributed by atoms with E-state index in [1.54, 1.807) is 11.9 Å². The highest BCUT2D eigenvalue weighted by atomic mass is 32.1. The lowest BCUT2D eigenvalue weighted by Gasteiger charge is -2.22. The van der Waals surface area contributed by atoms with Gasteiger partial charge in [0.2, 0.25) is 5.91 Å². The maximum atomic E-state index is 12.2. The third-order valence-electron chi connectivity index (χ3n) is 4.11. The second kappa shape index (κ2) is 6.92. The molecular formula is C16H20N4O2S. The molecule has 0 saturated heterocycles. The van der Waals surface area contributed by atoms with Crippen LogP contribution in [0.3, 0.4) is 0 Å². The molecule has 7 heteroatoms. The normalized spacial score (nSPS) is 12.1. The average molecular weight is 332 g/mol. The predicted octanol–water partition coefficient (Wildman–Crippen LogP) is 2.29. The van der Waals surface area contributed by atoms with Crippen molar-refractivity contribution in [2.75, 3.05) is 7.05 Å². The van der Waals surface area contributed by atoms with Crippen molar-refractivity contribution in [1.29, 1.82) is 5.26 Å². The Kier molecular flexibility index (Phi) is 5.16. The number of thiophene rings is 1. The Balaban J connectivity index is 2.13. The minimum atomic E-state index is -0.148. The summed E-state index contributed by atoms with van der Waals surface area (Å²) in [7, 11) is 1.69. The largest absolute Gasteiger partial charge is 0.342 e. The number of hydrogen-bond donors (Lipinski definition) is 1. The Labute approximate surface area is 138 Å². The molecule has 0 saturated carbocycles. The fourth-order valence-corrected chi connectivity index (χ4v) is 3.38. The fraction of sp³-hybridized carbons (Fsp3) is 0.500. The van der Waals surface area contributed by atoms with Gasteiger partial charge in [0, 0.05) is 30.8 Å². The van der Waals surface area contributed by atoms with Gasteiger partial charge < -0.3 is 9.88 Å². The molecule has 0 fully saturated rings. The lowest BCUT2D eigenvalue weighted by molar-refractivity contribution is -0.131. The van der Waals surface area contributed by atoms with E-state index in [1.807, 2.05) is 20.8 Å². The maximum absolute atomic E-state index is 12.2. The van der Waals surface area contributed by atoms with Crippen molar-refractivity contribution in [1.82, 2.24) is 14.9 Å².